The summed E-state index contributed by atoms with van der Waals surface area (Å²) in [4.78, 5) is 2.46. The van der Waals surface area contributed by atoms with Crippen molar-refractivity contribution in [3.63, 3.8) is 0 Å². The van der Waals surface area contributed by atoms with Crippen molar-refractivity contribution in [3.8, 4) is 5.75 Å². The zero-order valence-electron chi connectivity index (χ0n) is 22.5. The van der Waals surface area contributed by atoms with E-state index in [-0.39, 0.29) is 27.9 Å². The smallest absolute Gasteiger partial charge is 0.420 e. The van der Waals surface area contributed by atoms with E-state index in [9.17, 15) is 8.78 Å². The molecule has 3 rings (SSSR count). The molecule has 2 atom stereocenters. The predicted octanol–water partition coefficient (Wildman–Crippen LogP) is 7.35. The van der Waals surface area contributed by atoms with E-state index in [0.717, 1.165) is 18.7 Å². The molecule has 4 nitrogen and oxygen atoms in total. The van der Waals surface area contributed by atoms with Gasteiger partial charge < -0.3 is 19.4 Å². The summed E-state index contributed by atoms with van der Waals surface area (Å²) in [5, 5.41) is 3.81. The average Bonchev–Trinajstić information content (AvgIpc) is 2.72. The maximum absolute atomic E-state index is 14.9. The average molecular weight is 497 g/mol. The number of piperazine rings is 1. The Bertz CT molecular complexity index is 777. The first-order valence-electron chi connectivity index (χ1n) is 13.1. The SMILES string of the molecule is CC(C)[Si](OCC(F)(F)Oc1ccc(N2CC(C)(C)NC3CCCCC32)cc1)(C(C)C)C(C)C. The molecule has 194 valence electrons. The molecule has 34 heavy (non-hydrogen) atoms. The van der Waals surface area contributed by atoms with Gasteiger partial charge >= 0.3 is 6.11 Å². The van der Waals surface area contributed by atoms with E-state index in [1.165, 1.54) is 19.3 Å². The minimum absolute atomic E-state index is 0.0116. The number of rotatable bonds is 9. The van der Waals surface area contributed by atoms with Gasteiger partial charge in [0.25, 0.3) is 0 Å². The second kappa shape index (κ2) is 10.4. The van der Waals surface area contributed by atoms with Gasteiger partial charge in [0.2, 0.25) is 8.32 Å². The Kier molecular flexibility index (Phi) is 8.41. The number of nitrogens with zero attached hydrogens (tertiary/aromatic N) is 1. The summed E-state index contributed by atoms with van der Waals surface area (Å²) in [6, 6.07) is 8.12. The van der Waals surface area contributed by atoms with Crippen LogP contribution in [0.15, 0.2) is 24.3 Å². The topological polar surface area (TPSA) is 33.7 Å². The molecule has 0 amide bonds. The number of ether oxygens (including phenoxy) is 1. The highest BCUT2D eigenvalue weighted by Crippen LogP contribution is 2.43. The molecular formula is C27H46F2N2O2Si. The molecule has 0 radical (unpaired) electrons. The molecule has 1 aliphatic heterocycles. The van der Waals surface area contributed by atoms with E-state index in [1.807, 2.05) is 12.1 Å². The van der Waals surface area contributed by atoms with E-state index >= 15 is 0 Å². The van der Waals surface area contributed by atoms with Gasteiger partial charge in [-0.1, -0.05) is 54.4 Å². The second-order valence-corrected chi connectivity index (χ2v) is 17.4. The molecule has 0 bridgehead atoms. The molecule has 1 N–H and O–H groups in total. The highest BCUT2D eigenvalue weighted by molar-refractivity contribution is 6.77. The molecule has 1 saturated heterocycles. The largest absolute Gasteiger partial charge is 0.431 e. The summed E-state index contributed by atoms with van der Waals surface area (Å²) in [6.45, 7) is 17.2. The molecule has 2 aliphatic rings. The van der Waals surface area contributed by atoms with E-state index in [0.29, 0.717) is 12.1 Å². The van der Waals surface area contributed by atoms with Gasteiger partial charge in [0.1, 0.15) is 12.4 Å². The van der Waals surface area contributed by atoms with Crippen LogP contribution in [0.1, 0.15) is 81.1 Å². The zero-order valence-corrected chi connectivity index (χ0v) is 23.5. The van der Waals surface area contributed by atoms with Gasteiger partial charge in [-0.25, -0.2) is 0 Å². The van der Waals surface area contributed by atoms with Crippen molar-refractivity contribution in [3.05, 3.63) is 24.3 Å². The highest BCUT2D eigenvalue weighted by Gasteiger charge is 2.48. The van der Waals surface area contributed by atoms with Crippen LogP contribution < -0.4 is 15.0 Å². The number of halogens is 2. The first-order chi connectivity index (χ1) is 15.8. The third-order valence-electron chi connectivity index (χ3n) is 7.90. The van der Waals surface area contributed by atoms with Gasteiger partial charge in [0, 0.05) is 29.9 Å². The Morgan fingerprint density at radius 1 is 1.00 bits per heavy atom. The van der Waals surface area contributed by atoms with Crippen LogP contribution in [-0.2, 0) is 4.43 Å². The number of nitrogens with one attached hydrogen (secondary N) is 1. The van der Waals surface area contributed by atoms with E-state index < -0.39 is 21.0 Å². The Labute approximate surface area is 206 Å². The van der Waals surface area contributed by atoms with Crippen LogP contribution in [0.25, 0.3) is 0 Å². The maximum Gasteiger partial charge on any atom is 0.420 e. The van der Waals surface area contributed by atoms with E-state index in [4.69, 9.17) is 9.16 Å². The van der Waals surface area contributed by atoms with Crippen LogP contribution in [0.4, 0.5) is 14.5 Å². The van der Waals surface area contributed by atoms with Gasteiger partial charge in [-0.2, -0.15) is 8.78 Å². The fourth-order valence-electron chi connectivity index (χ4n) is 6.64. The number of anilines is 1. The lowest BCUT2D eigenvalue weighted by Crippen LogP contribution is -2.67. The lowest BCUT2D eigenvalue weighted by atomic mass is 9.83. The quantitative estimate of drug-likeness (QED) is 0.362. The van der Waals surface area contributed by atoms with Crippen molar-refractivity contribution in [2.24, 2.45) is 0 Å². The predicted molar refractivity (Wildman–Crippen MR) is 140 cm³/mol. The van der Waals surface area contributed by atoms with Crippen LogP contribution in [0, 0.1) is 0 Å². The maximum atomic E-state index is 14.9. The number of benzene rings is 1. The minimum atomic E-state index is -3.37. The Hall–Kier alpha value is -1.18. The summed E-state index contributed by atoms with van der Waals surface area (Å²) >= 11 is 0. The summed E-state index contributed by atoms with van der Waals surface area (Å²) in [5.41, 5.74) is 1.82. The van der Waals surface area contributed by atoms with E-state index in [2.05, 4.69) is 65.6 Å². The normalized spacial score (nSPS) is 23.5. The molecule has 7 heteroatoms. The Morgan fingerprint density at radius 2 is 1.56 bits per heavy atom. The van der Waals surface area contributed by atoms with E-state index in [1.54, 1.807) is 12.1 Å². The first kappa shape index (κ1) is 27.4. The number of hydrogen-bond donors (Lipinski definition) is 1. The Balaban J connectivity index is 1.69. The molecule has 2 fully saturated rings. The monoisotopic (exact) mass is 496 g/mol. The van der Waals surface area contributed by atoms with Crippen LogP contribution in [0.3, 0.4) is 0 Å². The van der Waals surface area contributed by atoms with Gasteiger partial charge in [-0.15, -0.1) is 0 Å². The molecule has 0 aromatic heterocycles. The third-order valence-corrected chi connectivity index (χ3v) is 14.0. The fourth-order valence-corrected chi connectivity index (χ4v) is 12.1. The molecule has 1 saturated carbocycles. The van der Waals surface area contributed by atoms with Crippen molar-refractivity contribution in [2.75, 3.05) is 18.1 Å². The number of alkyl halides is 2. The highest BCUT2D eigenvalue weighted by atomic mass is 28.4. The van der Waals surface area contributed by atoms with Crippen molar-refractivity contribution < 1.29 is 17.9 Å². The molecule has 1 aromatic carbocycles. The van der Waals surface area contributed by atoms with Crippen LogP contribution in [0.2, 0.25) is 16.6 Å². The summed E-state index contributed by atoms with van der Waals surface area (Å²) in [7, 11) is -2.39. The molecule has 1 heterocycles. The van der Waals surface area contributed by atoms with Crippen molar-refractivity contribution in [1.82, 2.24) is 5.32 Å². The molecule has 0 spiro atoms. The van der Waals surface area contributed by atoms with Gasteiger partial charge in [0.15, 0.2) is 0 Å². The zero-order chi connectivity index (χ0) is 25.3. The summed E-state index contributed by atoms with van der Waals surface area (Å²) in [5.74, 6) is 0.179. The summed E-state index contributed by atoms with van der Waals surface area (Å²) < 4.78 is 41.0. The van der Waals surface area contributed by atoms with Gasteiger partial charge in [0.05, 0.1) is 0 Å². The summed E-state index contributed by atoms with van der Waals surface area (Å²) in [6.07, 6.45) is 1.47. The van der Waals surface area contributed by atoms with Crippen LogP contribution >= 0.6 is 0 Å². The lowest BCUT2D eigenvalue weighted by molar-refractivity contribution is -0.198. The van der Waals surface area contributed by atoms with Gasteiger partial charge in [-0.05, 0) is 67.6 Å². The molecular weight excluding hydrogens is 450 g/mol. The molecule has 1 aromatic rings. The molecule has 2 unspecified atom stereocenters. The van der Waals surface area contributed by atoms with Crippen molar-refractivity contribution >= 4 is 14.0 Å². The van der Waals surface area contributed by atoms with Crippen LogP contribution in [-0.4, -0.2) is 45.2 Å². The van der Waals surface area contributed by atoms with Crippen LogP contribution in [0.5, 0.6) is 5.75 Å². The standard InChI is InChI=1S/C27H46F2N2O2Si/c1-19(2)34(20(3)4,21(5)6)32-18-27(28,29)33-23-15-13-22(14-16-23)31-17-26(7,8)30-24-11-9-10-12-25(24)31/h13-16,19-21,24-25,30H,9-12,17-18H2,1-8H3. The second-order valence-electron chi connectivity index (χ2n) is 12.0. The number of fused-ring (bicyclic) bond motifs is 1. The van der Waals surface area contributed by atoms with Crippen molar-refractivity contribution in [2.45, 2.75) is 121 Å². The lowest BCUT2D eigenvalue weighted by Gasteiger charge is -2.52. The molecule has 1 aliphatic carbocycles. The minimum Gasteiger partial charge on any atom is -0.431 e. The fraction of sp³-hybridized carbons (Fsp3) is 0.778. The number of hydrogen-bond acceptors (Lipinski definition) is 4. The third kappa shape index (κ3) is 5.96. The van der Waals surface area contributed by atoms with Gasteiger partial charge in [-0.3, -0.25) is 0 Å². The first-order valence-corrected chi connectivity index (χ1v) is 15.3. The Morgan fingerprint density at radius 3 is 2.12 bits per heavy atom. The van der Waals surface area contributed by atoms with Crippen molar-refractivity contribution in [1.29, 1.82) is 0 Å².